The number of aldehydes is 1. The Hall–Kier alpha value is -1.21. The summed E-state index contributed by atoms with van der Waals surface area (Å²) in [6.45, 7) is 0. The molecule has 1 rings (SSSR count). The first-order valence-electron chi connectivity index (χ1n) is 3.03. The largest absolute Gasteiger partial charge is 0.298 e. The van der Waals surface area contributed by atoms with Crippen molar-refractivity contribution >= 4 is 22.2 Å². The van der Waals surface area contributed by atoms with E-state index in [-0.39, 0.29) is 15.6 Å². The van der Waals surface area contributed by atoms with Crippen molar-refractivity contribution in [3.8, 4) is 6.07 Å². The van der Waals surface area contributed by atoms with Gasteiger partial charge in [0.15, 0.2) is 6.29 Å². The molecular formula is C8H3BrFNO. The Balaban J connectivity index is 3.41. The molecule has 2 nitrogen and oxygen atoms in total. The van der Waals surface area contributed by atoms with E-state index in [9.17, 15) is 9.18 Å². The molecule has 60 valence electrons. The van der Waals surface area contributed by atoms with Gasteiger partial charge in [-0.2, -0.15) is 5.26 Å². The van der Waals surface area contributed by atoms with Crippen molar-refractivity contribution < 1.29 is 9.18 Å². The molecule has 0 aromatic heterocycles. The fraction of sp³-hybridized carbons (Fsp3) is 0. The molecule has 0 radical (unpaired) electrons. The highest BCUT2D eigenvalue weighted by molar-refractivity contribution is 9.10. The summed E-state index contributed by atoms with van der Waals surface area (Å²) in [6.07, 6.45) is 0.376. The van der Waals surface area contributed by atoms with Crippen molar-refractivity contribution in [1.29, 1.82) is 5.26 Å². The van der Waals surface area contributed by atoms with Crippen LogP contribution in [-0.4, -0.2) is 6.29 Å². The second kappa shape index (κ2) is 3.46. The Morgan fingerprint density at radius 3 is 2.75 bits per heavy atom. The van der Waals surface area contributed by atoms with Crippen molar-refractivity contribution in [1.82, 2.24) is 0 Å². The summed E-state index contributed by atoms with van der Waals surface area (Å²) in [7, 11) is 0. The fourth-order valence-electron chi connectivity index (χ4n) is 0.761. The molecule has 0 unspecified atom stereocenters. The smallest absolute Gasteiger partial charge is 0.153 e. The van der Waals surface area contributed by atoms with Gasteiger partial charge in [-0.15, -0.1) is 0 Å². The van der Waals surface area contributed by atoms with E-state index >= 15 is 0 Å². The third kappa shape index (κ3) is 1.51. The van der Waals surface area contributed by atoms with Gasteiger partial charge in [0.2, 0.25) is 0 Å². The number of nitriles is 1. The van der Waals surface area contributed by atoms with Crippen LogP contribution in [0.25, 0.3) is 0 Å². The lowest BCUT2D eigenvalue weighted by Gasteiger charge is -1.97. The molecule has 0 fully saturated rings. The van der Waals surface area contributed by atoms with E-state index < -0.39 is 5.82 Å². The van der Waals surface area contributed by atoms with E-state index in [1.165, 1.54) is 12.1 Å². The van der Waals surface area contributed by atoms with Crippen LogP contribution in [0.1, 0.15) is 15.9 Å². The number of carbonyl (C=O) groups excluding carboxylic acids is 1. The molecule has 0 heterocycles. The van der Waals surface area contributed by atoms with Crippen LogP contribution in [0.15, 0.2) is 16.6 Å². The molecule has 0 aliphatic rings. The average Bonchev–Trinajstić information content (AvgIpc) is 2.09. The predicted octanol–water partition coefficient (Wildman–Crippen LogP) is 2.27. The van der Waals surface area contributed by atoms with Gasteiger partial charge in [-0.05, 0) is 28.1 Å². The van der Waals surface area contributed by atoms with Crippen molar-refractivity contribution in [3.63, 3.8) is 0 Å². The molecule has 0 spiro atoms. The summed E-state index contributed by atoms with van der Waals surface area (Å²) in [5.41, 5.74) is 0.145. The molecule has 1 aromatic rings. The van der Waals surface area contributed by atoms with Crippen LogP contribution < -0.4 is 0 Å². The zero-order valence-corrected chi connectivity index (χ0v) is 7.43. The normalized spacial score (nSPS) is 9.08. The molecular weight excluding hydrogens is 225 g/mol. The van der Waals surface area contributed by atoms with Crippen LogP contribution in [0.3, 0.4) is 0 Å². The van der Waals surface area contributed by atoms with Gasteiger partial charge in [0.05, 0.1) is 21.7 Å². The highest BCUT2D eigenvalue weighted by Crippen LogP contribution is 2.19. The maximum atomic E-state index is 12.9. The number of carbonyl (C=O) groups is 1. The number of nitrogens with zero attached hydrogens (tertiary/aromatic N) is 1. The summed E-state index contributed by atoms with van der Waals surface area (Å²) in [6, 6.07) is 4.34. The van der Waals surface area contributed by atoms with Crippen LogP contribution in [-0.2, 0) is 0 Å². The average molecular weight is 228 g/mol. The van der Waals surface area contributed by atoms with Gasteiger partial charge in [-0.25, -0.2) is 4.39 Å². The number of halogens is 2. The predicted molar refractivity (Wildman–Crippen MR) is 44.2 cm³/mol. The van der Waals surface area contributed by atoms with Gasteiger partial charge in [-0.1, -0.05) is 0 Å². The summed E-state index contributed by atoms with van der Waals surface area (Å²) in [4.78, 5) is 10.3. The molecule has 0 atom stereocenters. The Morgan fingerprint density at radius 2 is 2.25 bits per heavy atom. The van der Waals surface area contributed by atoms with E-state index in [1.54, 1.807) is 0 Å². The van der Waals surface area contributed by atoms with Crippen molar-refractivity contribution in [2.24, 2.45) is 0 Å². The molecule has 0 amide bonds. The Kier molecular flexibility index (Phi) is 2.56. The third-order valence-corrected chi connectivity index (χ3v) is 1.89. The summed E-state index contributed by atoms with van der Waals surface area (Å²) in [5, 5.41) is 8.46. The number of hydrogen-bond donors (Lipinski definition) is 0. The highest BCUT2D eigenvalue weighted by atomic mass is 79.9. The van der Waals surface area contributed by atoms with E-state index in [0.717, 1.165) is 0 Å². The fourth-order valence-corrected chi connectivity index (χ4v) is 1.24. The topological polar surface area (TPSA) is 40.9 Å². The zero-order valence-electron chi connectivity index (χ0n) is 5.84. The van der Waals surface area contributed by atoms with Gasteiger partial charge in [0, 0.05) is 0 Å². The van der Waals surface area contributed by atoms with Gasteiger partial charge < -0.3 is 0 Å². The lowest BCUT2D eigenvalue weighted by Crippen LogP contribution is -1.90. The van der Waals surface area contributed by atoms with E-state index in [4.69, 9.17) is 5.26 Å². The first kappa shape index (κ1) is 8.88. The van der Waals surface area contributed by atoms with Gasteiger partial charge in [0.1, 0.15) is 5.82 Å². The molecule has 0 aliphatic heterocycles. The molecule has 0 N–H and O–H groups in total. The van der Waals surface area contributed by atoms with Crippen LogP contribution in [0.2, 0.25) is 0 Å². The van der Waals surface area contributed by atoms with Crippen molar-refractivity contribution in [2.45, 2.75) is 0 Å². The van der Waals surface area contributed by atoms with Crippen LogP contribution in [0, 0.1) is 17.1 Å². The minimum atomic E-state index is -0.635. The van der Waals surface area contributed by atoms with Crippen molar-refractivity contribution in [3.05, 3.63) is 33.5 Å². The van der Waals surface area contributed by atoms with Gasteiger partial charge in [-0.3, -0.25) is 4.79 Å². The van der Waals surface area contributed by atoms with E-state index in [1.807, 2.05) is 6.07 Å². The summed E-state index contributed by atoms with van der Waals surface area (Å²) < 4.78 is 13.1. The van der Waals surface area contributed by atoms with E-state index in [0.29, 0.717) is 6.29 Å². The number of rotatable bonds is 1. The second-order valence-corrected chi connectivity index (χ2v) is 2.95. The molecule has 4 heteroatoms. The first-order chi connectivity index (χ1) is 5.69. The Bertz CT molecular complexity index is 370. The van der Waals surface area contributed by atoms with Gasteiger partial charge in [0.25, 0.3) is 0 Å². The SMILES string of the molecule is N#Cc1cc(Br)c(F)c(C=O)c1. The number of hydrogen-bond acceptors (Lipinski definition) is 2. The third-order valence-electron chi connectivity index (χ3n) is 1.31. The molecule has 1 aromatic carbocycles. The Morgan fingerprint density at radius 1 is 1.58 bits per heavy atom. The minimum absolute atomic E-state index is 0.110. The van der Waals surface area contributed by atoms with E-state index in [2.05, 4.69) is 15.9 Å². The quantitative estimate of drug-likeness (QED) is 0.691. The minimum Gasteiger partial charge on any atom is -0.298 e. The zero-order chi connectivity index (χ0) is 9.14. The molecule has 12 heavy (non-hydrogen) atoms. The second-order valence-electron chi connectivity index (χ2n) is 2.09. The van der Waals surface area contributed by atoms with Crippen LogP contribution in [0.5, 0.6) is 0 Å². The lowest BCUT2D eigenvalue weighted by molar-refractivity contribution is 0.111. The summed E-state index contributed by atoms with van der Waals surface area (Å²) >= 11 is 2.89. The molecule has 0 aliphatic carbocycles. The monoisotopic (exact) mass is 227 g/mol. The maximum absolute atomic E-state index is 12.9. The lowest BCUT2D eigenvalue weighted by atomic mass is 10.1. The van der Waals surface area contributed by atoms with Gasteiger partial charge >= 0.3 is 0 Å². The molecule has 0 saturated heterocycles. The molecule has 0 bridgehead atoms. The Labute approximate surface area is 76.7 Å². The highest BCUT2D eigenvalue weighted by Gasteiger charge is 2.07. The molecule has 0 saturated carbocycles. The van der Waals surface area contributed by atoms with Crippen molar-refractivity contribution in [2.75, 3.05) is 0 Å². The first-order valence-corrected chi connectivity index (χ1v) is 3.82. The number of benzene rings is 1. The van der Waals surface area contributed by atoms with Crippen LogP contribution >= 0.6 is 15.9 Å². The standard InChI is InChI=1S/C8H3BrFNO/c9-7-2-5(3-11)1-6(4-12)8(7)10/h1-2,4H. The maximum Gasteiger partial charge on any atom is 0.153 e. The summed E-state index contributed by atoms with van der Waals surface area (Å²) in [5.74, 6) is -0.635. The van der Waals surface area contributed by atoms with Crippen LogP contribution in [0.4, 0.5) is 4.39 Å².